The smallest absolute Gasteiger partial charge is 0.261 e. The second-order valence-corrected chi connectivity index (χ2v) is 7.49. The van der Waals surface area contributed by atoms with Gasteiger partial charge in [-0.1, -0.05) is 13.8 Å². The van der Waals surface area contributed by atoms with Gasteiger partial charge < -0.3 is 5.32 Å². The van der Waals surface area contributed by atoms with Gasteiger partial charge in [-0.2, -0.15) is 0 Å². The number of carbonyl (C=O) groups excluding carboxylic acids is 1. The highest BCUT2D eigenvalue weighted by molar-refractivity contribution is 9.10. The molecule has 19 heavy (non-hydrogen) atoms. The van der Waals surface area contributed by atoms with Crippen LogP contribution in [0.5, 0.6) is 0 Å². The number of halogens is 2. The molecule has 0 fully saturated rings. The minimum absolute atomic E-state index is 0.0654. The fourth-order valence-corrected chi connectivity index (χ4v) is 2.79. The average Bonchev–Trinajstić information content (AvgIpc) is 2.34. The lowest BCUT2D eigenvalue weighted by atomic mass is 10.1. The van der Waals surface area contributed by atoms with E-state index >= 15 is 0 Å². The zero-order chi connectivity index (χ0) is 14.6. The van der Waals surface area contributed by atoms with Crippen molar-refractivity contribution in [3.8, 4) is 0 Å². The monoisotopic (exact) mass is 367 g/mol. The zero-order valence-corrected chi connectivity index (χ0v) is 13.8. The molecule has 0 atom stereocenters. The lowest BCUT2D eigenvalue weighted by Crippen LogP contribution is -2.34. The molecule has 4 nitrogen and oxygen atoms in total. The molecule has 0 aliphatic heterocycles. The van der Waals surface area contributed by atoms with Crippen LogP contribution in [0.3, 0.4) is 0 Å². The van der Waals surface area contributed by atoms with E-state index in [1.807, 2.05) is 13.8 Å². The molecule has 1 amide bonds. The van der Waals surface area contributed by atoms with Crippen LogP contribution < -0.4 is 5.32 Å². The first-order valence-electron chi connectivity index (χ1n) is 5.84. The molecule has 0 unspecified atom stereocenters. The standard InChI is InChI=1S/C12H15BrClNO3S/c1-3-8(4-2)15-12(16)10-7-9(19(14,17)18)5-6-11(10)13/h5-8H,3-4H2,1-2H3,(H,15,16). The molecule has 0 spiro atoms. The number of amides is 1. The summed E-state index contributed by atoms with van der Waals surface area (Å²) in [6.07, 6.45) is 1.63. The molecule has 7 heteroatoms. The van der Waals surface area contributed by atoms with Crippen molar-refractivity contribution >= 4 is 41.6 Å². The molecular formula is C12H15BrClNO3S. The molecule has 1 aromatic carbocycles. The Labute approximate surface area is 126 Å². The van der Waals surface area contributed by atoms with Crippen LogP contribution in [0.1, 0.15) is 37.0 Å². The molecule has 0 saturated carbocycles. The molecule has 0 bridgehead atoms. The fourth-order valence-electron chi connectivity index (χ4n) is 1.59. The number of hydrogen-bond donors (Lipinski definition) is 1. The van der Waals surface area contributed by atoms with Gasteiger partial charge in [-0.25, -0.2) is 8.42 Å². The van der Waals surface area contributed by atoms with Crippen LogP contribution in [0, 0.1) is 0 Å². The minimum atomic E-state index is -3.84. The summed E-state index contributed by atoms with van der Waals surface area (Å²) in [5.74, 6) is -0.317. The summed E-state index contributed by atoms with van der Waals surface area (Å²) in [7, 11) is 1.43. The van der Waals surface area contributed by atoms with Crippen LogP contribution in [0.15, 0.2) is 27.6 Å². The van der Waals surface area contributed by atoms with Gasteiger partial charge in [0.05, 0.1) is 10.5 Å². The van der Waals surface area contributed by atoms with Crippen LogP contribution in [-0.4, -0.2) is 20.4 Å². The highest BCUT2D eigenvalue weighted by Crippen LogP contribution is 2.23. The first-order chi connectivity index (χ1) is 8.79. The van der Waals surface area contributed by atoms with Crippen molar-refractivity contribution in [1.82, 2.24) is 5.32 Å². The van der Waals surface area contributed by atoms with Crippen molar-refractivity contribution in [2.24, 2.45) is 0 Å². The highest BCUT2D eigenvalue weighted by Gasteiger charge is 2.18. The quantitative estimate of drug-likeness (QED) is 0.811. The molecule has 1 N–H and O–H groups in total. The Hall–Kier alpha value is -0.590. The van der Waals surface area contributed by atoms with Crippen molar-refractivity contribution in [1.29, 1.82) is 0 Å². The van der Waals surface area contributed by atoms with Gasteiger partial charge in [-0.15, -0.1) is 0 Å². The molecular weight excluding hydrogens is 354 g/mol. The molecule has 1 aromatic rings. The topological polar surface area (TPSA) is 63.2 Å². The second kappa shape index (κ2) is 6.72. The van der Waals surface area contributed by atoms with Crippen LogP contribution in [0.2, 0.25) is 0 Å². The molecule has 0 heterocycles. The van der Waals surface area contributed by atoms with E-state index in [-0.39, 0.29) is 22.4 Å². The Bertz CT molecular complexity index is 570. The van der Waals surface area contributed by atoms with Gasteiger partial charge in [-0.3, -0.25) is 4.79 Å². The summed E-state index contributed by atoms with van der Waals surface area (Å²) in [6, 6.07) is 4.18. The molecule has 106 valence electrons. The van der Waals surface area contributed by atoms with Crippen molar-refractivity contribution in [3.63, 3.8) is 0 Å². The van der Waals surface area contributed by atoms with E-state index in [0.717, 1.165) is 12.8 Å². The summed E-state index contributed by atoms with van der Waals surface area (Å²) in [5, 5.41) is 2.85. The van der Waals surface area contributed by atoms with E-state index in [4.69, 9.17) is 10.7 Å². The van der Waals surface area contributed by atoms with Gasteiger partial charge >= 0.3 is 0 Å². The van der Waals surface area contributed by atoms with Crippen LogP contribution in [0.4, 0.5) is 0 Å². The molecule has 0 saturated heterocycles. The number of nitrogens with one attached hydrogen (secondary N) is 1. The van der Waals surface area contributed by atoms with E-state index < -0.39 is 9.05 Å². The molecule has 0 aromatic heterocycles. The second-order valence-electron chi connectivity index (χ2n) is 4.07. The Kier molecular flexibility index (Phi) is 5.82. The average molecular weight is 369 g/mol. The lowest BCUT2D eigenvalue weighted by molar-refractivity contribution is 0.0934. The van der Waals surface area contributed by atoms with Crippen molar-refractivity contribution < 1.29 is 13.2 Å². The molecule has 0 radical (unpaired) electrons. The predicted octanol–water partition coefficient (Wildman–Crippen LogP) is 3.30. The normalized spacial score (nSPS) is 11.6. The van der Waals surface area contributed by atoms with Crippen LogP contribution >= 0.6 is 26.6 Å². The van der Waals surface area contributed by atoms with E-state index in [1.54, 1.807) is 0 Å². The Morgan fingerprint density at radius 3 is 2.42 bits per heavy atom. The summed E-state index contributed by atoms with van der Waals surface area (Å²) < 4.78 is 23.1. The lowest BCUT2D eigenvalue weighted by Gasteiger charge is -2.15. The Morgan fingerprint density at radius 2 is 1.95 bits per heavy atom. The van der Waals surface area contributed by atoms with Crippen molar-refractivity contribution in [2.45, 2.75) is 37.6 Å². The zero-order valence-electron chi connectivity index (χ0n) is 10.6. The van der Waals surface area contributed by atoms with Gasteiger partial charge in [-0.05, 0) is 47.0 Å². The summed E-state index contributed by atoms with van der Waals surface area (Å²) in [4.78, 5) is 12.0. The Balaban J connectivity index is 3.09. The van der Waals surface area contributed by atoms with E-state index in [9.17, 15) is 13.2 Å². The predicted molar refractivity (Wildman–Crippen MR) is 79.0 cm³/mol. The SMILES string of the molecule is CCC(CC)NC(=O)c1cc(S(=O)(=O)Cl)ccc1Br. The van der Waals surface area contributed by atoms with Gasteiger partial charge in [0.15, 0.2) is 0 Å². The maximum absolute atomic E-state index is 12.1. The third kappa shape index (κ3) is 4.47. The highest BCUT2D eigenvalue weighted by atomic mass is 79.9. The van der Waals surface area contributed by atoms with Crippen molar-refractivity contribution in [2.75, 3.05) is 0 Å². The summed E-state index contributed by atoms with van der Waals surface area (Å²) in [6.45, 7) is 3.95. The minimum Gasteiger partial charge on any atom is -0.349 e. The molecule has 0 aliphatic rings. The van der Waals surface area contributed by atoms with E-state index in [2.05, 4.69) is 21.2 Å². The number of benzene rings is 1. The van der Waals surface area contributed by atoms with Gasteiger partial charge in [0.25, 0.3) is 15.0 Å². The van der Waals surface area contributed by atoms with Gasteiger partial charge in [0.1, 0.15) is 0 Å². The Morgan fingerprint density at radius 1 is 1.37 bits per heavy atom. The maximum Gasteiger partial charge on any atom is 0.261 e. The van der Waals surface area contributed by atoms with Crippen LogP contribution in [-0.2, 0) is 9.05 Å². The molecule has 0 aliphatic carbocycles. The summed E-state index contributed by atoms with van der Waals surface area (Å²) >= 11 is 3.23. The molecule has 1 rings (SSSR count). The fraction of sp³-hybridized carbons (Fsp3) is 0.417. The first-order valence-corrected chi connectivity index (χ1v) is 8.94. The largest absolute Gasteiger partial charge is 0.349 e. The van der Waals surface area contributed by atoms with Gasteiger partial charge in [0.2, 0.25) is 0 Å². The number of hydrogen-bond acceptors (Lipinski definition) is 3. The van der Waals surface area contributed by atoms with Crippen molar-refractivity contribution in [3.05, 3.63) is 28.2 Å². The third-order valence-electron chi connectivity index (χ3n) is 2.78. The first kappa shape index (κ1) is 16.5. The summed E-state index contributed by atoms with van der Waals surface area (Å²) in [5.41, 5.74) is 0.258. The maximum atomic E-state index is 12.1. The van der Waals surface area contributed by atoms with E-state index in [1.165, 1.54) is 18.2 Å². The van der Waals surface area contributed by atoms with Gasteiger partial charge in [0, 0.05) is 21.2 Å². The third-order valence-corrected chi connectivity index (χ3v) is 4.83. The number of rotatable bonds is 5. The number of carbonyl (C=O) groups is 1. The van der Waals surface area contributed by atoms with Crippen LogP contribution in [0.25, 0.3) is 0 Å². The van der Waals surface area contributed by atoms with E-state index in [0.29, 0.717) is 4.47 Å².